The molecule has 1 aliphatic rings. The molecular formula is C25H22ClFN2O2. The predicted molar refractivity (Wildman–Crippen MR) is 121 cm³/mol. The second kappa shape index (κ2) is 8.52. The monoisotopic (exact) mass is 436 g/mol. The van der Waals surface area contributed by atoms with Crippen LogP contribution in [0.4, 0.5) is 15.8 Å². The molecule has 0 saturated carbocycles. The molecule has 0 radical (unpaired) electrons. The number of fused-ring (bicyclic) bond motifs is 1. The van der Waals surface area contributed by atoms with Crippen LogP contribution in [-0.4, -0.2) is 17.9 Å². The minimum atomic E-state index is -0.385. The molecule has 31 heavy (non-hydrogen) atoms. The van der Waals surface area contributed by atoms with Gasteiger partial charge in [-0.05, 0) is 73.5 Å². The van der Waals surface area contributed by atoms with E-state index in [9.17, 15) is 14.0 Å². The van der Waals surface area contributed by atoms with Gasteiger partial charge < -0.3 is 9.80 Å². The number of rotatable bonds is 3. The van der Waals surface area contributed by atoms with Crippen molar-refractivity contribution in [3.05, 3.63) is 94.8 Å². The summed E-state index contributed by atoms with van der Waals surface area (Å²) in [6.07, 6.45) is 0.562. The first-order valence-electron chi connectivity index (χ1n) is 10.1. The van der Waals surface area contributed by atoms with Crippen LogP contribution in [0.1, 0.15) is 42.2 Å². The number of hydrogen-bond acceptors (Lipinski definition) is 2. The number of hydrogen-bond donors (Lipinski definition) is 0. The van der Waals surface area contributed by atoms with Gasteiger partial charge in [-0.3, -0.25) is 9.59 Å². The zero-order valence-electron chi connectivity index (χ0n) is 17.3. The van der Waals surface area contributed by atoms with Gasteiger partial charge in [-0.2, -0.15) is 0 Å². The summed E-state index contributed by atoms with van der Waals surface area (Å²) >= 11 is 6.04. The molecule has 0 aromatic heterocycles. The van der Waals surface area contributed by atoms with Gasteiger partial charge in [0.2, 0.25) is 5.91 Å². The summed E-state index contributed by atoms with van der Waals surface area (Å²) in [5.41, 5.74) is 2.81. The Morgan fingerprint density at radius 2 is 1.65 bits per heavy atom. The fourth-order valence-electron chi connectivity index (χ4n) is 4.25. The second-order valence-electron chi connectivity index (χ2n) is 7.71. The topological polar surface area (TPSA) is 40.6 Å². The van der Waals surface area contributed by atoms with Gasteiger partial charge in [0.15, 0.2) is 0 Å². The Kier molecular flexibility index (Phi) is 5.79. The van der Waals surface area contributed by atoms with Crippen molar-refractivity contribution in [3.63, 3.8) is 0 Å². The van der Waals surface area contributed by atoms with Crippen molar-refractivity contribution in [1.29, 1.82) is 0 Å². The van der Waals surface area contributed by atoms with E-state index in [0.717, 1.165) is 16.9 Å². The molecule has 2 atom stereocenters. The summed E-state index contributed by atoms with van der Waals surface area (Å²) < 4.78 is 13.3. The Balaban J connectivity index is 1.77. The van der Waals surface area contributed by atoms with Crippen LogP contribution in [0, 0.1) is 5.82 Å². The van der Waals surface area contributed by atoms with E-state index in [1.165, 1.54) is 31.2 Å². The van der Waals surface area contributed by atoms with Gasteiger partial charge >= 0.3 is 0 Å². The third-order valence-electron chi connectivity index (χ3n) is 5.63. The average molecular weight is 437 g/mol. The predicted octanol–water partition coefficient (Wildman–Crippen LogP) is 6.01. The number of anilines is 2. The number of carbonyl (C=O) groups excluding carboxylic acids is 2. The standard InChI is InChI=1S/C25H22ClFN2O2/c1-16-15-24(29(17(2)30)21-13-9-19(26)10-14-21)22-5-3-4-6-23(22)28(16)25(31)18-7-11-20(27)12-8-18/h3-14,16,24H,15H2,1-2H3/t16-,24+/m1/s1. The highest BCUT2D eigenvalue weighted by molar-refractivity contribution is 6.30. The summed E-state index contributed by atoms with van der Waals surface area (Å²) in [6.45, 7) is 3.50. The zero-order chi connectivity index (χ0) is 22.1. The smallest absolute Gasteiger partial charge is 0.258 e. The summed E-state index contributed by atoms with van der Waals surface area (Å²) in [4.78, 5) is 29.5. The van der Waals surface area contributed by atoms with Crippen molar-refractivity contribution in [3.8, 4) is 0 Å². The van der Waals surface area contributed by atoms with Crippen LogP contribution in [0.15, 0.2) is 72.8 Å². The minimum Gasteiger partial charge on any atom is -0.305 e. The number of halogens is 2. The summed E-state index contributed by atoms with van der Waals surface area (Å²) in [7, 11) is 0. The third kappa shape index (κ3) is 4.06. The van der Waals surface area contributed by atoms with Gasteiger partial charge in [-0.25, -0.2) is 4.39 Å². The maximum atomic E-state index is 13.3. The molecule has 0 aliphatic carbocycles. The van der Waals surface area contributed by atoms with E-state index in [1.54, 1.807) is 21.9 Å². The molecular weight excluding hydrogens is 415 g/mol. The lowest BCUT2D eigenvalue weighted by molar-refractivity contribution is -0.117. The zero-order valence-corrected chi connectivity index (χ0v) is 18.0. The normalized spacial score (nSPS) is 17.7. The SMILES string of the molecule is CC(=O)N(c1ccc(Cl)cc1)[C@H]1C[C@@H](C)N(C(=O)c2ccc(F)cc2)c2ccccc21. The quantitative estimate of drug-likeness (QED) is 0.504. The molecule has 3 aromatic rings. The number of nitrogens with zero attached hydrogens (tertiary/aromatic N) is 2. The van der Waals surface area contributed by atoms with E-state index >= 15 is 0 Å². The summed E-state index contributed by atoms with van der Waals surface area (Å²) in [6, 6.07) is 19.9. The third-order valence-corrected chi connectivity index (χ3v) is 5.88. The Morgan fingerprint density at radius 3 is 2.29 bits per heavy atom. The Morgan fingerprint density at radius 1 is 1.00 bits per heavy atom. The average Bonchev–Trinajstić information content (AvgIpc) is 2.75. The fraction of sp³-hybridized carbons (Fsp3) is 0.200. The number of benzene rings is 3. The van der Waals surface area contributed by atoms with Gasteiger partial charge in [-0.15, -0.1) is 0 Å². The van der Waals surface area contributed by atoms with Crippen LogP contribution >= 0.6 is 11.6 Å². The van der Waals surface area contributed by atoms with Crippen molar-refractivity contribution in [1.82, 2.24) is 0 Å². The van der Waals surface area contributed by atoms with Crippen molar-refractivity contribution < 1.29 is 14.0 Å². The van der Waals surface area contributed by atoms with Gasteiger partial charge in [0, 0.05) is 34.9 Å². The van der Waals surface area contributed by atoms with Crippen molar-refractivity contribution >= 4 is 34.8 Å². The first-order valence-corrected chi connectivity index (χ1v) is 10.5. The van der Waals surface area contributed by atoms with Gasteiger partial charge in [0.05, 0.1) is 6.04 Å². The molecule has 3 aromatic carbocycles. The lowest BCUT2D eigenvalue weighted by Gasteiger charge is -2.43. The van der Waals surface area contributed by atoms with E-state index < -0.39 is 0 Å². The van der Waals surface area contributed by atoms with Gasteiger partial charge in [-0.1, -0.05) is 29.8 Å². The molecule has 0 fully saturated rings. The molecule has 0 unspecified atom stereocenters. The van der Waals surface area contributed by atoms with Crippen LogP contribution < -0.4 is 9.80 Å². The molecule has 1 aliphatic heterocycles. The molecule has 0 N–H and O–H groups in total. The molecule has 0 bridgehead atoms. The molecule has 6 heteroatoms. The first kappa shape index (κ1) is 21.1. The van der Waals surface area contributed by atoms with Gasteiger partial charge in [0.1, 0.15) is 5.82 Å². The summed E-state index contributed by atoms with van der Waals surface area (Å²) in [5, 5.41) is 0.598. The largest absolute Gasteiger partial charge is 0.305 e. The van der Waals surface area contributed by atoms with Crippen LogP contribution in [-0.2, 0) is 4.79 Å². The number of para-hydroxylation sites is 1. The molecule has 4 nitrogen and oxygen atoms in total. The van der Waals surface area contributed by atoms with E-state index in [4.69, 9.17) is 11.6 Å². The summed E-state index contributed by atoms with van der Waals surface area (Å²) in [5.74, 6) is -0.671. The van der Waals surface area contributed by atoms with Crippen LogP contribution in [0.5, 0.6) is 0 Å². The van der Waals surface area contributed by atoms with Gasteiger partial charge in [0.25, 0.3) is 5.91 Å². The lowest BCUT2D eigenvalue weighted by atomic mass is 9.89. The molecule has 1 heterocycles. The second-order valence-corrected chi connectivity index (χ2v) is 8.14. The highest BCUT2D eigenvalue weighted by Gasteiger charge is 2.38. The maximum Gasteiger partial charge on any atom is 0.258 e. The van der Waals surface area contributed by atoms with Crippen LogP contribution in [0.3, 0.4) is 0 Å². The van der Waals surface area contributed by atoms with E-state index in [-0.39, 0.29) is 29.7 Å². The first-order chi connectivity index (χ1) is 14.9. The highest BCUT2D eigenvalue weighted by atomic mass is 35.5. The van der Waals surface area contributed by atoms with E-state index in [2.05, 4.69) is 0 Å². The van der Waals surface area contributed by atoms with Crippen LogP contribution in [0.25, 0.3) is 0 Å². The van der Waals surface area contributed by atoms with E-state index in [0.29, 0.717) is 17.0 Å². The molecule has 0 saturated heterocycles. The molecule has 0 spiro atoms. The Hall–Kier alpha value is -3.18. The number of amides is 2. The van der Waals surface area contributed by atoms with Crippen molar-refractivity contribution in [2.24, 2.45) is 0 Å². The lowest BCUT2D eigenvalue weighted by Crippen LogP contribution is -2.47. The molecule has 158 valence electrons. The molecule has 2 amide bonds. The molecule has 4 rings (SSSR count). The fourth-order valence-corrected chi connectivity index (χ4v) is 4.38. The minimum absolute atomic E-state index is 0.0902. The Labute approximate surface area is 185 Å². The van der Waals surface area contributed by atoms with Crippen molar-refractivity contribution in [2.45, 2.75) is 32.4 Å². The highest BCUT2D eigenvalue weighted by Crippen LogP contribution is 2.42. The Bertz CT molecular complexity index is 1120. The van der Waals surface area contributed by atoms with E-state index in [1.807, 2.05) is 43.3 Å². The number of carbonyl (C=O) groups is 2. The van der Waals surface area contributed by atoms with Crippen molar-refractivity contribution in [2.75, 3.05) is 9.80 Å². The maximum absolute atomic E-state index is 13.3. The van der Waals surface area contributed by atoms with Crippen LogP contribution in [0.2, 0.25) is 5.02 Å².